The van der Waals surface area contributed by atoms with Crippen LogP contribution in [0.4, 0.5) is 0 Å². The van der Waals surface area contributed by atoms with Crippen LogP contribution in [0, 0.1) is 11.3 Å². The van der Waals surface area contributed by atoms with Gasteiger partial charge in [0.2, 0.25) is 0 Å². The van der Waals surface area contributed by atoms with Crippen LogP contribution in [0.15, 0.2) is 42.5 Å². The van der Waals surface area contributed by atoms with Crippen LogP contribution in [-0.4, -0.2) is 16.7 Å². The molecule has 1 aromatic heterocycles. The number of imidazole rings is 1. The highest BCUT2D eigenvalue weighted by molar-refractivity contribution is 5.82. The topological polar surface area (TPSA) is 50.8 Å². The number of nitriles is 1. The highest BCUT2D eigenvalue weighted by Crippen LogP contribution is 2.21. The SMILES string of the molecule is COc1cccc(Cc2nc3c(C#N)cccc3n2C)c1. The lowest BCUT2D eigenvalue weighted by Gasteiger charge is -2.05. The molecule has 3 rings (SSSR count). The van der Waals surface area contributed by atoms with Crippen LogP contribution in [0.3, 0.4) is 0 Å². The lowest BCUT2D eigenvalue weighted by Crippen LogP contribution is -1.99. The molecule has 0 radical (unpaired) electrons. The van der Waals surface area contributed by atoms with Gasteiger partial charge >= 0.3 is 0 Å². The molecular formula is C17H15N3O. The van der Waals surface area contributed by atoms with Gasteiger partial charge in [0.05, 0.1) is 18.2 Å². The van der Waals surface area contributed by atoms with Crippen molar-refractivity contribution in [2.75, 3.05) is 7.11 Å². The quantitative estimate of drug-likeness (QED) is 0.739. The molecule has 0 unspecified atom stereocenters. The summed E-state index contributed by atoms with van der Waals surface area (Å²) in [6.07, 6.45) is 0.702. The fourth-order valence-electron chi connectivity index (χ4n) is 2.48. The number of rotatable bonds is 3. The first-order valence-electron chi connectivity index (χ1n) is 6.70. The summed E-state index contributed by atoms with van der Waals surface area (Å²) in [5, 5.41) is 9.18. The van der Waals surface area contributed by atoms with Gasteiger partial charge in [-0.2, -0.15) is 5.26 Å². The predicted molar refractivity (Wildman–Crippen MR) is 81.2 cm³/mol. The Kier molecular flexibility index (Phi) is 3.33. The third-order valence-electron chi connectivity index (χ3n) is 3.62. The van der Waals surface area contributed by atoms with Gasteiger partial charge in [-0.1, -0.05) is 18.2 Å². The Bertz CT molecular complexity index is 843. The lowest BCUT2D eigenvalue weighted by atomic mass is 10.1. The van der Waals surface area contributed by atoms with Gasteiger partial charge in [0.25, 0.3) is 0 Å². The molecule has 3 aromatic rings. The fraction of sp³-hybridized carbons (Fsp3) is 0.176. The van der Waals surface area contributed by atoms with E-state index in [2.05, 4.69) is 11.1 Å². The summed E-state index contributed by atoms with van der Waals surface area (Å²) in [6, 6.07) is 15.8. The number of para-hydroxylation sites is 1. The minimum Gasteiger partial charge on any atom is -0.497 e. The largest absolute Gasteiger partial charge is 0.497 e. The maximum Gasteiger partial charge on any atom is 0.119 e. The van der Waals surface area contributed by atoms with Gasteiger partial charge in [-0.15, -0.1) is 0 Å². The first kappa shape index (κ1) is 13.2. The number of fused-ring (bicyclic) bond motifs is 1. The normalized spacial score (nSPS) is 10.5. The highest BCUT2D eigenvalue weighted by Gasteiger charge is 2.11. The van der Waals surface area contributed by atoms with E-state index in [4.69, 9.17) is 4.74 Å². The first-order valence-corrected chi connectivity index (χ1v) is 6.70. The van der Waals surface area contributed by atoms with Crippen LogP contribution in [0.1, 0.15) is 17.0 Å². The standard InChI is InChI=1S/C17H15N3O/c1-20-15-8-4-6-13(11-18)17(15)19-16(20)10-12-5-3-7-14(9-12)21-2/h3-9H,10H2,1-2H3. The number of methoxy groups -OCH3 is 1. The van der Waals surface area contributed by atoms with Crippen molar-refractivity contribution < 1.29 is 4.74 Å². The third-order valence-corrected chi connectivity index (χ3v) is 3.62. The minimum absolute atomic E-state index is 0.611. The zero-order valence-electron chi connectivity index (χ0n) is 12.0. The average molecular weight is 277 g/mol. The maximum atomic E-state index is 9.18. The summed E-state index contributed by atoms with van der Waals surface area (Å²) in [6.45, 7) is 0. The van der Waals surface area contributed by atoms with E-state index < -0.39 is 0 Å². The van der Waals surface area contributed by atoms with Crippen molar-refractivity contribution in [1.82, 2.24) is 9.55 Å². The fourth-order valence-corrected chi connectivity index (χ4v) is 2.48. The Hall–Kier alpha value is -2.80. The summed E-state index contributed by atoms with van der Waals surface area (Å²) in [5.41, 5.74) is 3.48. The molecule has 2 aromatic carbocycles. The molecular weight excluding hydrogens is 262 g/mol. The van der Waals surface area contributed by atoms with Crippen LogP contribution >= 0.6 is 0 Å². The molecule has 0 saturated heterocycles. The number of aromatic nitrogens is 2. The van der Waals surface area contributed by atoms with Gasteiger partial charge in [-0.25, -0.2) is 4.98 Å². The molecule has 0 amide bonds. The van der Waals surface area contributed by atoms with Crippen molar-refractivity contribution in [2.24, 2.45) is 7.05 Å². The number of ether oxygens (including phenoxy) is 1. The van der Waals surface area contributed by atoms with Crippen molar-refractivity contribution in [3.8, 4) is 11.8 Å². The first-order chi connectivity index (χ1) is 10.2. The molecule has 0 fully saturated rings. The van der Waals surface area contributed by atoms with Crippen LogP contribution in [0.2, 0.25) is 0 Å². The Morgan fingerprint density at radius 2 is 2.05 bits per heavy atom. The molecule has 0 atom stereocenters. The predicted octanol–water partition coefficient (Wildman–Crippen LogP) is 3.04. The summed E-state index contributed by atoms with van der Waals surface area (Å²) >= 11 is 0. The van der Waals surface area contributed by atoms with Crippen molar-refractivity contribution in [1.29, 1.82) is 5.26 Å². The number of hydrogen-bond donors (Lipinski definition) is 0. The average Bonchev–Trinajstić information content (AvgIpc) is 2.84. The molecule has 0 aliphatic rings. The third kappa shape index (κ3) is 2.34. The molecule has 0 aliphatic heterocycles. The van der Waals surface area contributed by atoms with Crippen molar-refractivity contribution in [2.45, 2.75) is 6.42 Å². The van der Waals surface area contributed by atoms with Gasteiger partial charge in [0, 0.05) is 13.5 Å². The van der Waals surface area contributed by atoms with Crippen LogP contribution in [-0.2, 0) is 13.5 Å². The van der Waals surface area contributed by atoms with Gasteiger partial charge in [0.15, 0.2) is 0 Å². The highest BCUT2D eigenvalue weighted by atomic mass is 16.5. The second kappa shape index (κ2) is 5.29. The van der Waals surface area contributed by atoms with E-state index in [0.717, 1.165) is 28.2 Å². The summed E-state index contributed by atoms with van der Waals surface area (Å²) < 4.78 is 7.29. The van der Waals surface area contributed by atoms with E-state index in [-0.39, 0.29) is 0 Å². The molecule has 0 spiro atoms. The Labute approximate surface area is 123 Å². The van der Waals surface area contributed by atoms with Crippen LogP contribution < -0.4 is 4.74 Å². The lowest BCUT2D eigenvalue weighted by molar-refractivity contribution is 0.414. The second-order valence-electron chi connectivity index (χ2n) is 4.90. The monoisotopic (exact) mass is 277 g/mol. The molecule has 1 heterocycles. The number of aryl methyl sites for hydroxylation is 1. The number of nitrogens with zero attached hydrogens (tertiary/aromatic N) is 3. The van der Waals surface area contributed by atoms with Crippen molar-refractivity contribution >= 4 is 11.0 Å². The van der Waals surface area contributed by atoms with E-state index in [1.165, 1.54) is 0 Å². The van der Waals surface area contributed by atoms with E-state index in [1.54, 1.807) is 13.2 Å². The van der Waals surface area contributed by atoms with E-state index in [1.807, 2.05) is 48.0 Å². The Morgan fingerprint density at radius 1 is 1.24 bits per heavy atom. The second-order valence-corrected chi connectivity index (χ2v) is 4.90. The zero-order valence-corrected chi connectivity index (χ0v) is 12.0. The summed E-state index contributed by atoms with van der Waals surface area (Å²) in [4.78, 5) is 4.63. The molecule has 0 N–H and O–H groups in total. The summed E-state index contributed by atoms with van der Waals surface area (Å²) in [7, 11) is 3.64. The van der Waals surface area contributed by atoms with E-state index >= 15 is 0 Å². The Balaban J connectivity index is 2.05. The van der Waals surface area contributed by atoms with Crippen molar-refractivity contribution in [3.63, 3.8) is 0 Å². The van der Waals surface area contributed by atoms with Crippen LogP contribution in [0.5, 0.6) is 5.75 Å². The van der Waals surface area contributed by atoms with E-state index in [9.17, 15) is 5.26 Å². The molecule has 0 saturated carbocycles. The van der Waals surface area contributed by atoms with E-state index in [0.29, 0.717) is 12.0 Å². The molecule has 0 aliphatic carbocycles. The maximum absolute atomic E-state index is 9.18. The molecule has 104 valence electrons. The van der Waals surface area contributed by atoms with Gasteiger partial charge in [0.1, 0.15) is 23.2 Å². The number of hydrogen-bond acceptors (Lipinski definition) is 3. The zero-order chi connectivity index (χ0) is 14.8. The smallest absolute Gasteiger partial charge is 0.119 e. The molecule has 4 heteroatoms. The Morgan fingerprint density at radius 3 is 2.81 bits per heavy atom. The molecule has 0 bridgehead atoms. The van der Waals surface area contributed by atoms with Gasteiger partial charge in [-0.3, -0.25) is 0 Å². The van der Waals surface area contributed by atoms with Gasteiger partial charge in [-0.05, 0) is 29.8 Å². The van der Waals surface area contributed by atoms with Gasteiger partial charge < -0.3 is 9.30 Å². The molecule has 4 nitrogen and oxygen atoms in total. The number of benzene rings is 2. The summed E-state index contributed by atoms with van der Waals surface area (Å²) in [5.74, 6) is 1.77. The molecule has 21 heavy (non-hydrogen) atoms. The minimum atomic E-state index is 0.611. The van der Waals surface area contributed by atoms with Crippen LogP contribution in [0.25, 0.3) is 11.0 Å². The van der Waals surface area contributed by atoms with Crippen molar-refractivity contribution in [3.05, 3.63) is 59.4 Å².